The summed E-state index contributed by atoms with van der Waals surface area (Å²) in [5.41, 5.74) is 2.32. The third-order valence-electron chi connectivity index (χ3n) is 4.83. The maximum Gasteiger partial charge on any atom is 0.223 e. The number of amides is 1. The van der Waals surface area contributed by atoms with E-state index >= 15 is 0 Å². The molecular weight excluding hydrogens is 396 g/mol. The van der Waals surface area contributed by atoms with Gasteiger partial charge in [-0.05, 0) is 29.7 Å². The number of ether oxygens (including phenoxy) is 1. The molecule has 6 nitrogen and oxygen atoms in total. The Hall–Kier alpha value is -2.80. The van der Waals surface area contributed by atoms with Gasteiger partial charge in [-0.1, -0.05) is 68.1 Å². The Morgan fingerprint density at radius 1 is 1.07 bits per heavy atom. The summed E-state index contributed by atoms with van der Waals surface area (Å²) in [6, 6.07) is 17.9. The van der Waals surface area contributed by atoms with Gasteiger partial charge < -0.3 is 14.6 Å². The lowest BCUT2D eigenvalue weighted by molar-refractivity contribution is -0.124. The highest BCUT2D eigenvalue weighted by Gasteiger charge is 2.23. The monoisotopic (exact) mass is 424 g/mol. The number of rotatable bonds is 9. The largest absolute Gasteiger partial charge is 0.497 e. The Balaban J connectivity index is 1.76. The van der Waals surface area contributed by atoms with Crippen molar-refractivity contribution in [2.24, 2.45) is 13.0 Å². The molecule has 0 spiro atoms. The van der Waals surface area contributed by atoms with Crippen molar-refractivity contribution in [1.82, 2.24) is 20.1 Å². The molecule has 0 aliphatic carbocycles. The third kappa shape index (κ3) is 5.63. The van der Waals surface area contributed by atoms with Crippen LogP contribution in [0, 0.1) is 5.92 Å². The van der Waals surface area contributed by atoms with E-state index in [-0.39, 0.29) is 17.9 Å². The molecular formula is C23H28N4O2S. The van der Waals surface area contributed by atoms with Gasteiger partial charge in [-0.25, -0.2) is 0 Å². The second-order valence-electron chi connectivity index (χ2n) is 7.44. The number of hydrogen-bond acceptors (Lipinski definition) is 5. The molecule has 3 aromatic rings. The Bertz CT molecular complexity index is 955. The summed E-state index contributed by atoms with van der Waals surface area (Å²) in [5, 5.41) is 12.8. The van der Waals surface area contributed by atoms with Crippen molar-refractivity contribution in [2.75, 3.05) is 7.11 Å². The Morgan fingerprint density at radius 2 is 1.77 bits per heavy atom. The van der Waals surface area contributed by atoms with Crippen LogP contribution in [0.4, 0.5) is 0 Å². The number of carbonyl (C=O) groups excluding carboxylic acids is 1. The van der Waals surface area contributed by atoms with E-state index in [1.54, 1.807) is 18.9 Å². The minimum atomic E-state index is -0.241. The third-order valence-corrected chi connectivity index (χ3v) is 5.92. The first kappa shape index (κ1) is 21.9. The van der Waals surface area contributed by atoms with E-state index in [0.717, 1.165) is 28.0 Å². The fourth-order valence-electron chi connectivity index (χ4n) is 3.02. The fourth-order valence-corrected chi connectivity index (χ4v) is 3.89. The maximum atomic E-state index is 12.4. The van der Waals surface area contributed by atoms with Gasteiger partial charge in [-0.2, -0.15) is 0 Å². The molecule has 3 rings (SSSR count). The molecule has 0 fully saturated rings. The molecule has 1 N–H and O–H groups in total. The number of nitrogens with one attached hydrogen (secondary N) is 1. The first-order chi connectivity index (χ1) is 14.5. The van der Waals surface area contributed by atoms with Gasteiger partial charge in [0.1, 0.15) is 5.75 Å². The van der Waals surface area contributed by atoms with Gasteiger partial charge >= 0.3 is 0 Å². The molecule has 1 heterocycles. The van der Waals surface area contributed by atoms with Crippen LogP contribution in [-0.4, -0.2) is 27.8 Å². The molecule has 1 unspecified atom stereocenters. The van der Waals surface area contributed by atoms with E-state index in [9.17, 15) is 4.79 Å². The fraction of sp³-hybridized carbons (Fsp3) is 0.348. The Morgan fingerprint density at radius 3 is 2.40 bits per heavy atom. The minimum absolute atomic E-state index is 0.00590. The van der Waals surface area contributed by atoms with Crippen molar-refractivity contribution < 1.29 is 9.53 Å². The van der Waals surface area contributed by atoms with Gasteiger partial charge in [0, 0.05) is 18.7 Å². The molecule has 0 saturated carbocycles. The molecule has 0 aliphatic rings. The summed E-state index contributed by atoms with van der Waals surface area (Å²) < 4.78 is 7.18. The van der Waals surface area contributed by atoms with E-state index in [4.69, 9.17) is 4.74 Å². The van der Waals surface area contributed by atoms with Crippen LogP contribution in [-0.2, 0) is 24.0 Å². The molecule has 0 radical (unpaired) electrons. The smallest absolute Gasteiger partial charge is 0.223 e. The van der Waals surface area contributed by atoms with E-state index in [1.807, 2.05) is 67.9 Å². The lowest BCUT2D eigenvalue weighted by Crippen LogP contribution is -2.34. The molecule has 158 valence electrons. The zero-order valence-corrected chi connectivity index (χ0v) is 18.6. The van der Waals surface area contributed by atoms with Gasteiger partial charge in [0.15, 0.2) is 11.0 Å². The van der Waals surface area contributed by atoms with Gasteiger partial charge in [0.25, 0.3) is 0 Å². The molecule has 1 aromatic heterocycles. The highest BCUT2D eigenvalue weighted by molar-refractivity contribution is 7.98. The van der Waals surface area contributed by atoms with Crippen molar-refractivity contribution in [3.8, 4) is 5.75 Å². The lowest BCUT2D eigenvalue weighted by Gasteiger charge is -2.19. The predicted octanol–water partition coefficient (Wildman–Crippen LogP) is 4.17. The average Bonchev–Trinajstić information content (AvgIpc) is 3.13. The van der Waals surface area contributed by atoms with Crippen LogP contribution < -0.4 is 10.1 Å². The predicted molar refractivity (Wildman–Crippen MR) is 119 cm³/mol. The quantitative estimate of drug-likeness (QED) is 0.522. The number of aromatic nitrogens is 3. The maximum absolute atomic E-state index is 12.4. The van der Waals surface area contributed by atoms with Crippen molar-refractivity contribution in [2.45, 2.75) is 37.2 Å². The SMILES string of the molecule is COc1ccc(CSc2nnc(C(Cc3ccccc3)NC(=O)C(C)C)n2C)cc1. The van der Waals surface area contributed by atoms with Gasteiger partial charge in [-0.15, -0.1) is 10.2 Å². The number of benzene rings is 2. The van der Waals surface area contributed by atoms with Crippen molar-refractivity contribution in [3.05, 3.63) is 71.5 Å². The summed E-state index contributed by atoms with van der Waals surface area (Å²) in [4.78, 5) is 12.4. The molecule has 7 heteroatoms. The Labute approximate surface area is 182 Å². The number of methoxy groups -OCH3 is 1. The highest BCUT2D eigenvalue weighted by Crippen LogP contribution is 2.25. The number of nitrogens with zero attached hydrogens (tertiary/aromatic N) is 3. The highest BCUT2D eigenvalue weighted by atomic mass is 32.2. The molecule has 0 aliphatic heterocycles. The first-order valence-electron chi connectivity index (χ1n) is 9.97. The van der Waals surface area contributed by atoms with Crippen LogP contribution in [0.1, 0.15) is 36.8 Å². The average molecular weight is 425 g/mol. The van der Waals surface area contributed by atoms with Crippen LogP contribution in [0.5, 0.6) is 5.75 Å². The standard InChI is InChI=1S/C23H28N4O2S/c1-16(2)22(28)24-20(14-17-8-6-5-7-9-17)21-25-26-23(27(21)3)30-15-18-10-12-19(29-4)13-11-18/h5-13,16,20H,14-15H2,1-4H3,(H,24,28). The number of carbonyl (C=O) groups is 1. The summed E-state index contributed by atoms with van der Waals surface area (Å²) in [6.07, 6.45) is 0.661. The Kier molecular flexibility index (Phi) is 7.52. The second-order valence-corrected chi connectivity index (χ2v) is 8.38. The summed E-state index contributed by atoms with van der Waals surface area (Å²) >= 11 is 1.62. The van der Waals surface area contributed by atoms with E-state index in [1.165, 1.54) is 5.56 Å². The molecule has 2 aromatic carbocycles. The summed E-state index contributed by atoms with van der Waals surface area (Å²) in [5.74, 6) is 2.28. The topological polar surface area (TPSA) is 69.0 Å². The van der Waals surface area contributed by atoms with Crippen LogP contribution in [0.2, 0.25) is 0 Å². The van der Waals surface area contributed by atoms with Crippen LogP contribution in [0.15, 0.2) is 59.8 Å². The number of thioether (sulfide) groups is 1. The van der Waals surface area contributed by atoms with Crippen LogP contribution in [0.25, 0.3) is 0 Å². The molecule has 0 saturated heterocycles. The van der Waals surface area contributed by atoms with Gasteiger partial charge in [0.05, 0.1) is 13.2 Å². The van der Waals surface area contributed by atoms with Gasteiger partial charge in [-0.3, -0.25) is 4.79 Å². The van der Waals surface area contributed by atoms with Crippen molar-refractivity contribution in [1.29, 1.82) is 0 Å². The summed E-state index contributed by atoms with van der Waals surface area (Å²) in [7, 11) is 3.61. The lowest BCUT2D eigenvalue weighted by atomic mass is 10.0. The van der Waals surface area contributed by atoms with Crippen molar-refractivity contribution in [3.63, 3.8) is 0 Å². The molecule has 0 bridgehead atoms. The summed E-state index contributed by atoms with van der Waals surface area (Å²) in [6.45, 7) is 3.78. The first-order valence-corrected chi connectivity index (χ1v) is 11.0. The van der Waals surface area contributed by atoms with E-state index in [0.29, 0.717) is 6.42 Å². The zero-order valence-electron chi connectivity index (χ0n) is 17.8. The minimum Gasteiger partial charge on any atom is -0.497 e. The van der Waals surface area contributed by atoms with Crippen molar-refractivity contribution >= 4 is 17.7 Å². The molecule has 30 heavy (non-hydrogen) atoms. The van der Waals surface area contributed by atoms with Crippen LogP contribution >= 0.6 is 11.8 Å². The van der Waals surface area contributed by atoms with E-state index in [2.05, 4.69) is 27.6 Å². The van der Waals surface area contributed by atoms with Crippen LogP contribution in [0.3, 0.4) is 0 Å². The molecule has 1 amide bonds. The second kappa shape index (κ2) is 10.3. The number of hydrogen-bond donors (Lipinski definition) is 1. The normalized spacial score (nSPS) is 12.0. The zero-order chi connectivity index (χ0) is 21.5. The van der Waals surface area contributed by atoms with E-state index < -0.39 is 0 Å². The van der Waals surface area contributed by atoms with Gasteiger partial charge in [0.2, 0.25) is 5.91 Å². The molecule has 1 atom stereocenters.